The lowest BCUT2D eigenvalue weighted by Gasteiger charge is -2.12. The van der Waals surface area contributed by atoms with Gasteiger partial charge in [0.05, 0.1) is 23.5 Å². The highest BCUT2D eigenvalue weighted by Crippen LogP contribution is 2.21. The largest absolute Gasteiger partial charge is 0.481 e. The van der Waals surface area contributed by atoms with Gasteiger partial charge in [-0.1, -0.05) is 17.3 Å². The van der Waals surface area contributed by atoms with Gasteiger partial charge in [0, 0.05) is 17.6 Å². The molecule has 0 spiro atoms. The second-order valence-corrected chi connectivity index (χ2v) is 6.02. The topological polar surface area (TPSA) is 71.2 Å². The first-order valence-electron chi connectivity index (χ1n) is 6.75. The van der Waals surface area contributed by atoms with Gasteiger partial charge in [0.2, 0.25) is 0 Å². The van der Waals surface area contributed by atoms with E-state index in [1.54, 1.807) is 4.68 Å². The highest BCUT2D eigenvalue weighted by Gasteiger charge is 2.28. The third-order valence-electron chi connectivity index (χ3n) is 3.65. The number of nitrogens with zero attached hydrogens (tertiary/aromatic N) is 4. The predicted molar refractivity (Wildman–Crippen MR) is 80.1 cm³/mol. The average Bonchev–Trinajstić information content (AvgIpc) is 3.09. The third-order valence-corrected chi connectivity index (χ3v) is 4.32. The van der Waals surface area contributed by atoms with Crippen LogP contribution in [0.5, 0.6) is 0 Å². The molecule has 0 amide bonds. The molecule has 0 radical (unpaired) electrons. The van der Waals surface area contributed by atoms with Crippen molar-refractivity contribution >= 4 is 21.9 Å². The number of carboxylic acids is 1. The maximum Gasteiger partial charge on any atom is 0.307 e. The number of hydrogen-bond donors (Lipinski definition) is 1. The Labute approximate surface area is 130 Å². The number of aliphatic carboxylic acids is 1. The lowest BCUT2D eigenvalue weighted by Crippen LogP contribution is -2.22. The van der Waals surface area contributed by atoms with Crippen LogP contribution in [0.1, 0.15) is 12.1 Å². The van der Waals surface area contributed by atoms with Gasteiger partial charge in [-0.15, -0.1) is 5.10 Å². The highest BCUT2D eigenvalue weighted by molar-refractivity contribution is 9.10. The first kappa shape index (κ1) is 14.2. The van der Waals surface area contributed by atoms with E-state index in [-0.39, 0.29) is 5.92 Å². The number of benzene rings is 1. The molecule has 0 saturated carbocycles. The van der Waals surface area contributed by atoms with Crippen molar-refractivity contribution < 1.29 is 9.90 Å². The molecule has 1 aliphatic rings. The van der Waals surface area contributed by atoms with E-state index in [2.05, 4.69) is 31.1 Å². The van der Waals surface area contributed by atoms with Crippen LogP contribution in [0, 0.1) is 5.92 Å². The van der Waals surface area contributed by atoms with Crippen LogP contribution < -0.4 is 0 Å². The van der Waals surface area contributed by atoms with Crippen molar-refractivity contribution in [3.8, 4) is 5.69 Å². The van der Waals surface area contributed by atoms with Crippen LogP contribution in [0.15, 0.2) is 34.9 Å². The predicted octanol–water partition coefficient (Wildman–Crippen LogP) is 1.94. The Morgan fingerprint density at radius 2 is 2.24 bits per heavy atom. The molecular weight excluding hydrogens is 336 g/mol. The van der Waals surface area contributed by atoms with Crippen molar-refractivity contribution in [3.63, 3.8) is 0 Å². The number of halogens is 1. The number of hydrogen-bond acceptors (Lipinski definition) is 4. The highest BCUT2D eigenvalue weighted by atomic mass is 79.9. The van der Waals surface area contributed by atoms with E-state index in [9.17, 15) is 4.79 Å². The summed E-state index contributed by atoms with van der Waals surface area (Å²) >= 11 is 3.49. The number of rotatable bonds is 4. The molecule has 2 aromatic rings. The van der Waals surface area contributed by atoms with Gasteiger partial charge < -0.3 is 5.11 Å². The van der Waals surface area contributed by atoms with Crippen molar-refractivity contribution in [3.05, 3.63) is 40.6 Å². The minimum atomic E-state index is -0.714. The SMILES string of the molecule is O=C(O)C1CCN(Cc2cn(-c3ccccc3Br)nn2)C1. The maximum atomic E-state index is 11.0. The standard InChI is InChI=1S/C14H15BrN4O2/c15-12-3-1-2-4-13(12)19-9-11(16-17-19)8-18-6-5-10(7-18)14(20)21/h1-4,9-10H,5-8H2,(H,20,21). The molecule has 21 heavy (non-hydrogen) atoms. The molecule has 6 nitrogen and oxygen atoms in total. The van der Waals surface area contributed by atoms with E-state index >= 15 is 0 Å². The van der Waals surface area contributed by atoms with Crippen molar-refractivity contribution in [2.75, 3.05) is 13.1 Å². The number of carbonyl (C=O) groups is 1. The summed E-state index contributed by atoms with van der Waals surface area (Å²) in [5.74, 6) is -0.974. The van der Waals surface area contributed by atoms with Crippen LogP contribution >= 0.6 is 15.9 Å². The molecule has 2 heterocycles. The van der Waals surface area contributed by atoms with Gasteiger partial charge in [-0.25, -0.2) is 4.68 Å². The zero-order valence-electron chi connectivity index (χ0n) is 11.3. The molecule has 7 heteroatoms. The Morgan fingerprint density at radius 3 is 2.95 bits per heavy atom. The number of para-hydroxylation sites is 1. The Morgan fingerprint density at radius 1 is 1.43 bits per heavy atom. The van der Waals surface area contributed by atoms with Gasteiger partial charge >= 0.3 is 5.97 Å². The van der Waals surface area contributed by atoms with E-state index in [4.69, 9.17) is 5.11 Å². The number of likely N-dealkylation sites (tertiary alicyclic amines) is 1. The molecule has 0 bridgehead atoms. The summed E-state index contributed by atoms with van der Waals surface area (Å²) in [6.07, 6.45) is 2.59. The zero-order chi connectivity index (χ0) is 14.8. The van der Waals surface area contributed by atoms with E-state index in [0.29, 0.717) is 19.5 Å². The minimum absolute atomic E-state index is 0.261. The van der Waals surface area contributed by atoms with Gasteiger partial charge in [0.15, 0.2) is 0 Å². The zero-order valence-corrected chi connectivity index (χ0v) is 12.9. The lowest BCUT2D eigenvalue weighted by molar-refractivity contribution is -0.141. The van der Waals surface area contributed by atoms with Crippen LogP contribution in [0.3, 0.4) is 0 Å². The van der Waals surface area contributed by atoms with Gasteiger partial charge in [-0.3, -0.25) is 9.69 Å². The van der Waals surface area contributed by atoms with Crippen LogP contribution in [-0.4, -0.2) is 44.1 Å². The Bertz CT molecular complexity index is 658. The van der Waals surface area contributed by atoms with Crippen molar-refractivity contribution in [2.45, 2.75) is 13.0 Å². The number of carboxylic acid groups (broad SMARTS) is 1. The summed E-state index contributed by atoms with van der Waals surface area (Å²) in [6, 6.07) is 7.80. The van der Waals surface area contributed by atoms with Gasteiger partial charge in [0.1, 0.15) is 0 Å². The molecule has 1 aromatic heterocycles. The fourth-order valence-electron chi connectivity index (χ4n) is 2.53. The summed E-state index contributed by atoms with van der Waals surface area (Å²) in [5, 5.41) is 17.3. The van der Waals surface area contributed by atoms with E-state index in [0.717, 1.165) is 22.4 Å². The molecule has 0 aliphatic carbocycles. The molecule has 1 aromatic carbocycles. The third kappa shape index (κ3) is 3.14. The van der Waals surface area contributed by atoms with E-state index in [1.807, 2.05) is 30.5 Å². The second kappa shape index (κ2) is 5.95. The summed E-state index contributed by atoms with van der Waals surface area (Å²) in [5.41, 5.74) is 1.78. The van der Waals surface area contributed by atoms with Crippen LogP contribution in [0.2, 0.25) is 0 Å². The molecule has 1 fully saturated rings. The Balaban J connectivity index is 1.69. The van der Waals surface area contributed by atoms with Crippen LogP contribution in [0.25, 0.3) is 5.69 Å². The normalized spacial score (nSPS) is 19.0. The quantitative estimate of drug-likeness (QED) is 0.912. The second-order valence-electron chi connectivity index (χ2n) is 5.16. The van der Waals surface area contributed by atoms with E-state index in [1.165, 1.54) is 0 Å². The van der Waals surface area contributed by atoms with Crippen molar-refractivity contribution in [1.82, 2.24) is 19.9 Å². The maximum absolute atomic E-state index is 11.0. The summed E-state index contributed by atoms with van der Waals surface area (Å²) in [6.45, 7) is 2.00. The van der Waals surface area contributed by atoms with Crippen LogP contribution in [-0.2, 0) is 11.3 Å². The smallest absolute Gasteiger partial charge is 0.307 e. The molecule has 1 N–H and O–H groups in total. The first-order valence-corrected chi connectivity index (χ1v) is 7.54. The Kier molecular flexibility index (Phi) is 4.03. The lowest BCUT2D eigenvalue weighted by atomic mass is 10.1. The average molecular weight is 351 g/mol. The van der Waals surface area contributed by atoms with Crippen LogP contribution in [0.4, 0.5) is 0 Å². The number of aromatic nitrogens is 3. The molecule has 1 saturated heterocycles. The Hall–Kier alpha value is -1.73. The van der Waals surface area contributed by atoms with Gasteiger partial charge in [-0.05, 0) is 41.0 Å². The fourth-order valence-corrected chi connectivity index (χ4v) is 3.00. The molecule has 3 rings (SSSR count). The first-order chi connectivity index (χ1) is 10.1. The van der Waals surface area contributed by atoms with Crippen molar-refractivity contribution in [1.29, 1.82) is 0 Å². The summed E-state index contributed by atoms with van der Waals surface area (Å²) in [7, 11) is 0. The fraction of sp³-hybridized carbons (Fsp3) is 0.357. The van der Waals surface area contributed by atoms with E-state index < -0.39 is 5.97 Å². The van der Waals surface area contributed by atoms with Gasteiger partial charge in [-0.2, -0.15) is 0 Å². The minimum Gasteiger partial charge on any atom is -0.481 e. The van der Waals surface area contributed by atoms with Gasteiger partial charge in [0.25, 0.3) is 0 Å². The molecule has 1 unspecified atom stereocenters. The van der Waals surface area contributed by atoms with Crippen molar-refractivity contribution in [2.24, 2.45) is 5.92 Å². The molecular formula is C14H15BrN4O2. The summed E-state index contributed by atoms with van der Waals surface area (Å²) in [4.78, 5) is 13.1. The molecule has 1 atom stereocenters. The molecule has 1 aliphatic heterocycles. The summed E-state index contributed by atoms with van der Waals surface area (Å²) < 4.78 is 2.68. The molecule has 110 valence electrons. The monoisotopic (exact) mass is 350 g/mol.